The molecule has 7 heteroatoms. The van der Waals surface area contributed by atoms with E-state index >= 15 is 0 Å². The van der Waals surface area contributed by atoms with Crippen molar-refractivity contribution in [2.75, 3.05) is 22.7 Å². The van der Waals surface area contributed by atoms with Gasteiger partial charge in [-0.25, -0.2) is 8.42 Å². The summed E-state index contributed by atoms with van der Waals surface area (Å²) in [5.74, 6) is 0.896. The zero-order valence-corrected chi connectivity index (χ0v) is 14.8. The van der Waals surface area contributed by atoms with Crippen LogP contribution in [0.4, 0.5) is 11.5 Å². The predicted octanol–water partition coefficient (Wildman–Crippen LogP) is 2.89. The minimum atomic E-state index is -3.36. The van der Waals surface area contributed by atoms with Crippen LogP contribution in [0.3, 0.4) is 0 Å². The number of nitrogens with one attached hydrogen (secondary N) is 1. The van der Waals surface area contributed by atoms with E-state index in [2.05, 4.69) is 19.8 Å². The average Bonchev–Trinajstić information content (AvgIpc) is 3.09. The van der Waals surface area contributed by atoms with Gasteiger partial charge in [0.1, 0.15) is 0 Å². The van der Waals surface area contributed by atoms with Crippen molar-refractivity contribution in [2.45, 2.75) is 31.9 Å². The third-order valence-electron chi connectivity index (χ3n) is 4.12. The van der Waals surface area contributed by atoms with E-state index in [4.69, 9.17) is 0 Å². The van der Waals surface area contributed by atoms with Gasteiger partial charge in [-0.1, -0.05) is 12.1 Å². The van der Waals surface area contributed by atoms with Crippen LogP contribution in [-0.4, -0.2) is 37.0 Å². The lowest BCUT2D eigenvalue weighted by molar-refractivity contribution is 0.593. The van der Waals surface area contributed by atoms with Crippen molar-refractivity contribution in [3.8, 4) is 11.3 Å². The van der Waals surface area contributed by atoms with Gasteiger partial charge in [-0.2, -0.15) is 0 Å². The van der Waals surface area contributed by atoms with Crippen LogP contribution in [0.5, 0.6) is 0 Å². The highest BCUT2D eigenvalue weighted by Crippen LogP contribution is 2.24. The van der Waals surface area contributed by atoms with E-state index in [1.54, 1.807) is 26.0 Å². The van der Waals surface area contributed by atoms with E-state index in [1.807, 2.05) is 24.3 Å². The molecule has 1 aromatic carbocycles. The molecule has 2 aromatic rings. The summed E-state index contributed by atoms with van der Waals surface area (Å²) in [6.07, 6.45) is 2.39. The highest BCUT2D eigenvalue weighted by molar-refractivity contribution is 7.93. The lowest BCUT2D eigenvalue weighted by Crippen LogP contribution is -2.22. The number of rotatable bonds is 5. The molecule has 1 saturated heterocycles. The fraction of sp³-hybridized carbons (Fsp3) is 0.412. The second kappa shape index (κ2) is 6.76. The van der Waals surface area contributed by atoms with Crippen LogP contribution < -0.4 is 9.62 Å². The molecule has 1 aliphatic heterocycles. The normalized spacial score (nSPS) is 15.0. The third kappa shape index (κ3) is 3.67. The highest BCUT2D eigenvalue weighted by Gasteiger charge is 2.16. The van der Waals surface area contributed by atoms with Crippen molar-refractivity contribution in [2.24, 2.45) is 0 Å². The van der Waals surface area contributed by atoms with Crippen molar-refractivity contribution < 1.29 is 8.42 Å². The standard InChI is InChI=1S/C17H22N4O2S/c1-13(2)24(22,23)20-15-7-5-6-14(12-15)16-8-9-17(19-18-16)21-10-3-4-11-21/h5-9,12-13,20H,3-4,10-11H2,1-2H3. The van der Waals surface area contributed by atoms with Gasteiger partial charge in [0.15, 0.2) is 5.82 Å². The number of anilines is 2. The predicted molar refractivity (Wildman–Crippen MR) is 96.6 cm³/mol. The topological polar surface area (TPSA) is 75.2 Å². The average molecular weight is 346 g/mol. The fourth-order valence-corrected chi connectivity index (χ4v) is 3.31. The van der Waals surface area contributed by atoms with E-state index in [0.717, 1.165) is 30.2 Å². The van der Waals surface area contributed by atoms with E-state index in [1.165, 1.54) is 12.8 Å². The van der Waals surface area contributed by atoms with Gasteiger partial charge in [0.25, 0.3) is 0 Å². The molecule has 0 saturated carbocycles. The molecule has 0 unspecified atom stereocenters. The minimum absolute atomic E-state index is 0.485. The Balaban J connectivity index is 1.81. The second-order valence-electron chi connectivity index (χ2n) is 6.25. The molecule has 1 aromatic heterocycles. The molecule has 1 N–H and O–H groups in total. The van der Waals surface area contributed by atoms with E-state index in [9.17, 15) is 8.42 Å². The lowest BCUT2D eigenvalue weighted by Gasteiger charge is -2.15. The van der Waals surface area contributed by atoms with Crippen LogP contribution in [0.25, 0.3) is 11.3 Å². The van der Waals surface area contributed by atoms with E-state index in [0.29, 0.717) is 5.69 Å². The first-order valence-electron chi connectivity index (χ1n) is 8.16. The van der Waals surface area contributed by atoms with Gasteiger partial charge in [0, 0.05) is 24.3 Å². The molecule has 2 heterocycles. The van der Waals surface area contributed by atoms with Crippen molar-refractivity contribution in [1.82, 2.24) is 10.2 Å². The summed E-state index contributed by atoms with van der Waals surface area (Å²) in [6, 6.07) is 11.1. The van der Waals surface area contributed by atoms with Crippen LogP contribution in [0.1, 0.15) is 26.7 Å². The Hall–Kier alpha value is -2.15. The molecule has 1 fully saturated rings. The molecule has 1 aliphatic rings. The molecule has 0 atom stereocenters. The third-order valence-corrected chi connectivity index (χ3v) is 5.88. The molecule has 24 heavy (non-hydrogen) atoms. The number of aromatic nitrogens is 2. The largest absolute Gasteiger partial charge is 0.355 e. The first-order valence-corrected chi connectivity index (χ1v) is 9.71. The molecule has 6 nitrogen and oxygen atoms in total. The van der Waals surface area contributed by atoms with E-state index < -0.39 is 15.3 Å². The Morgan fingerprint density at radius 3 is 2.46 bits per heavy atom. The summed E-state index contributed by atoms with van der Waals surface area (Å²) in [4.78, 5) is 2.23. The summed E-state index contributed by atoms with van der Waals surface area (Å²) in [7, 11) is -3.36. The van der Waals surface area contributed by atoms with E-state index in [-0.39, 0.29) is 0 Å². The minimum Gasteiger partial charge on any atom is -0.355 e. The van der Waals surface area contributed by atoms with Gasteiger partial charge in [0.2, 0.25) is 10.0 Å². The zero-order chi connectivity index (χ0) is 17.2. The molecule has 0 aliphatic carbocycles. The van der Waals surface area contributed by atoms with Gasteiger partial charge in [-0.05, 0) is 51.0 Å². The summed E-state index contributed by atoms with van der Waals surface area (Å²) >= 11 is 0. The highest BCUT2D eigenvalue weighted by atomic mass is 32.2. The number of hydrogen-bond acceptors (Lipinski definition) is 5. The Morgan fingerprint density at radius 1 is 1.08 bits per heavy atom. The van der Waals surface area contributed by atoms with Crippen molar-refractivity contribution >= 4 is 21.5 Å². The zero-order valence-electron chi connectivity index (χ0n) is 13.9. The smallest absolute Gasteiger partial charge is 0.235 e. The quantitative estimate of drug-likeness (QED) is 0.901. The molecule has 0 spiro atoms. The van der Waals surface area contributed by atoms with Crippen molar-refractivity contribution in [3.05, 3.63) is 36.4 Å². The number of nitrogens with zero attached hydrogens (tertiary/aromatic N) is 3. The fourth-order valence-electron chi connectivity index (χ4n) is 2.62. The SMILES string of the molecule is CC(C)S(=O)(=O)Nc1cccc(-c2ccc(N3CCCC3)nn2)c1. The molecule has 3 rings (SSSR count). The van der Waals surface area contributed by atoms with Gasteiger partial charge < -0.3 is 4.90 Å². The molecular weight excluding hydrogens is 324 g/mol. The molecule has 0 radical (unpaired) electrons. The van der Waals surface area contributed by atoms with Crippen LogP contribution in [0, 0.1) is 0 Å². The summed E-state index contributed by atoms with van der Waals surface area (Å²) in [5.41, 5.74) is 2.09. The maximum atomic E-state index is 12.0. The van der Waals surface area contributed by atoms with Crippen LogP contribution in [0.2, 0.25) is 0 Å². The Morgan fingerprint density at radius 2 is 1.83 bits per heavy atom. The van der Waals surface area contributed by atoms with Gasteiger partial charge >= 0.3 is 0 Å². The van der Waals surface area contributed by atoms with Crippen molar-refractivity contribution in [1.29, 1.82) is 0 Å². The monoisotopic (exact) mass is 346 g/mol. The second-order valence-corrected chi connectivity index (χ2v) is 8.48. The maximum Gasteiger partial charge on any atom is 0.235 e. The number of hydrogen-bond donors (Lipinski definition) is 1. The van der Waals surface area contributed by atoms with Crippen molar-refractivity contribution in [3.63, 3.8) is 0 Å². The van der Waals surface area contributed by atoms with Crippen LogP contribution in [-0.2, 0) is 10.0 Å². The maximum absolute atomic E-state index is 12.0. The molecule has 0 bridgehead atoms. The number of sulfonamides is 1. The van der Waals surface area contributed by atoms with Gasteiger partial charge in [-0.3, -0.25) is 4.72 Å². The molecule has 128 valence electrons. The van der Waals surface area contributed by atoms with Gasteiger partial charge in [-0.15, -0.1) is 10.2 Å². The molecular formula is C17H22N4O2S. The Kier molecular flexibility index (Phi) is 4.71. The summed E-state index contributed by atoms with van der Waals surface area (Å²) < 4.78 is 26.6. The lowest BCUT2D eigenvalue weighted by atomic mass is 10.1. The molecule has 0 amide bonds. The van der Waals surface area contributed by atoms with Crippen LogP contribution >= 0.6 is 0 Å². The summed E-state index contributed by atoms with van der Waals surface area (Å²) in [6.45, 7) is 5.35. The Bertz CT molecular complexity index is 798. The first kappa shape index (κ1) is 16.7. The summed E-state index contributed by atoms with van der Waals surface area (Å²) in [5, 5.41) is 8.12. The van der Waals surface area contributed by atoms with Gasteiger partial charge in [0.05, 0.1) is 10.9 Å². The van der Waals surface area contributed by atoms with Crippen LogP contribution in [0.15, 0.2) is 36.4 Å². The Labute approximate surface area is 143 Å². The number of benzene rings is 1. The first-order chi connectivity index (χ1) is 11.5.